The second kappa shape index (κ2) is 4.66. The van der Waals surface area contributed by atoms with E-state index in [9.17, 15) is 27.1 Å². The van der Waals surface area contributed by atoms with Crippen LogP contribution >= 0.6 is 0 Å². The van der Waals surface area contributed by atoms with E-state index in [-0.39, 0.29) is 5.69 Å². The number of aliphatic carboxylic acids is 1. The summed E-state index contributed by atoms with van der Waals surface area (Å²) < 4.78 is 48.5. The number of halogens is 2. The van der Waals surface area contributed by atoms with E-state index in [1.807, 2.05) is 0 Å². The highest BCUT2D eigenvalue weighted by Crippen LogP contribution is 2.19. The minimum Gasteiger partial charge on any atom is -0.548 e. The standard InChI is InChI=1S/C9H9F2NO4S/c1-17(15,16)12(5-9(13)14)6-2-3-7(10)8(11)4-6/h2-4H,5H2,1H3,(H,13,14)/p-1. The zero-order valence-electron chi connectivity index (χ0n) is 8.68. The van der Waals surface area contributed by atoms with Crippen LogP contribution in [0.15, 0.2) is 18.2 Å². The summed E-state index contributed by atoms with van der Waals surface area (Å²) in [6.07, 6.45) is 0.747. The molecule has 94 valence electrons. The van der Waals surface area contributed by atoms with E-state index < -0.39 is 34.2 Å². The Hall–Kier alpha value is -1.70. The first kappa shape index (κ1) is 13.4. The molecule has 0 fully saturated rings. The van der Waals surface area contributed by atoms with Crippen LogP contribution in [0.5, 0.6) is 0 Å². The van der Waals surface area contributed by atoms with Crippen molar-refractivity contribution in [2.24, 2.45) is 0 Å². The fourth-order valence-electron chi connectivity index (χ4n) is 1.16. The van der Waals surface area contributed by atoms with E-state index in [1.54, 1.807) is 0 Å². The van der Waals surface area contributed by atoms with E-state index in [0.29, 0.717) is 16.4 Å². The predicted octanol–water partition coefficient (Wildman–Crippen LogP) is -0.519. The Kier molecular flexibility index (Phi) is 3.66. The Morgan fingerprint density at radius 3 is 2.35 bits per heavy atom. The smallest absolute Gasteiger partial charge is 0.232 e. The van der Waals surface area contributed by atoms with E-state index in [4.69, 9.17) is 0 Å². The third-order valence-electron chi connectivity index (χ3n) is 1.86. The lowest BCUT2D eigenvalue weighted by atomic mass is 10.3. The van der Waals surface area contributed by atoms with Crippen molar-refractivity contribution in [2.75, 3.05) is 17.1 Å². The second-order valence-electron chi connectivity index (χ2n) is 3.24. The topological polar surface area (TPSA) is 77.5 Å². The first-order valence-electron chi connectivity index (χ1n) is 4.34. The molecule has 0 spiro atoms. The third-order valence-corrected chi connectivity index (χ3v) is 3.00. The average Bonchev–Trinajstić information content (AvgIpc) is 2.17. The number of carboxylic acids is 1. The number of nitrogens with zero attached hydrogens (tertiary/aromatic N) is 1. The lowest BCUT2D eigenvalue weighted by molar-refractivity contribution is -0.303. The summed E-state index contributed by atoms with van der Waals surface area (Å²) in [5.41, 5.74) is -0.282. The maximum Gasteiger partial charge on any atom is 0.232 e. The zero-order valence-corrected chi connectivity index (χ0v) is 9.50. The highest BCUT2D eigenvalue weighted by atomic mass is 32.2. The number of benzene rings is 1. The SMILES string of the molecule is CS(=O)(=O)N(CC(=O)[O-])c1ccc(F)c(F)c1. The van der Waals surface area contributed by atoms with Crippen molar-refractivity contribution < 1.29 is 27.1 Å². The van der Waals surface area contributed by atoms with Gasteiger partial charge in [0.05, 0.1) is 24.5 Å². The Labute approximate surface area is 96.3 Å². The molecule has 17 heavy (non-hydrogen) atoms. The number of sulfonamides is 1. The molecule has 8 heteroatoms. The summed E-state index contributed by atoms with van der Waals surface area (Å²) in [6.45, 7) is -0.968. The van der Waals surface area contributed by atoms with Gasteiger partial charge in [-0.25, -0.2) is 17.2 Å². The number of hydrogen-bond acceptors (Lipinski definition) is 4. The molecule has 0 heterocycles. The number of carbonyl (C=O) groups excluding carboxylic acids is 1. The molecule has 1 rings (SSSR count). The van der Waals surface area contributed by atoms with Gasteiger partial charge in [-0.15, -0.1) is 0 Å². The minimum absolute atomic E-state index is 0.282. The first-order chi connectivity index (χ1) is 7.71. The quantitative estimate of drug-likeness (QED) is 0.733. The molecule has 0 aromatic heterocycles. The van der Waals surface area contributed by atoms with Gasteiger partial charge in [-0.2, -0.15) is 0 Å². The molecule has 1 aromatic rings. The molecule has 0 N–H and O–H groups in total. The molecular weight excluding hydrogens is 256 g/mol. The van der Waals surface area contributed by atoms with Gasteiger partial charge in [0.25, 0.3) is 0 Å². The Bertz CT molecular complexity index is 544. The van der Waals surface area contributed by atoms with Gasteiger partial charge < -0.3 is 9.90 Å². The normalized spacial score (nSPS) is 11.2. The molecule has 0 atom stereocenters. The van der Waals surface area contributed by atoms with Crippen molar-refractivity contribution in [2.45, 2.75) is 0 Å². The molecule has 0 amide bonds. The summed E-state index contributed by atoms with van der Waals surface area (Å²) in [4.78, 5) is 10.4. The van der Waals surface area contributed by atoms with Gasteiger partial charge in [0.1, 0.15) is 0 Å². The second-order valence-corrected chi connectivity index (χ2v) is 5.15. The van der Waals surface area contributed by atoms with Crippen molar-refractivity contribution in [3.05, 3.63) is 29.8 Å². The first-order valence-corrected chi connectivity index (χ1v) is 6.19. The molecule has 0 aliphatic heterocycles. The number of anilines is 1. The monoisotopic (exact) mass is 264 g/mol. The maximum absolute atomic E-state index is 12.9. The van der Waals surface area contributed by atoms with Gasteiger partial charge in [0, 0.05) is 6.07 Å². The van der Waals surface area contributed by atoms with Crippen LogP contribution in [0.1, 0.15) is 0 Å². The van der Waals surface area contributed by atoms with Crippen LogP contribution in [-0.4, -0.2) is 27.2 Å². The largest absolute Gasteiger partial charge is 0.548 e. The summed E-state index contributed by atoms with van der Waals surface area (Å²) in [6, 6.07) is 2.26. The summed E-state index contributed by atoms with van der Waals surface area (Å²) in [5.74, 6) is -4.08. The third kappa shape index (κ3) is 3.38. The lowest BCUT2D eigenvalue weighted by Crippen LogP contribution is -2.41. The summed E-state index contributed by atoms with van der Waals surface area (Å²) in [5, 5.41) is 10.4. The summed E-state index contributed by atoms with van der Waals surface area (Å²) in [7, 11) is -3.92. The molecule has 1 aromatic carbocycles. The van der Waals surface area contributed by atoms with Gasteiger partial charge in [-0.05, 0) is 12.1 Å². The molecule has 5 nitrogen and oxygen atoms in total. The highest BCUT2D eigenvalue weighted by Gasteiger charge is 2.18. The van der Waals surface area contributed by atoms with Gasteiger partial charge in [-0.3, -0.25) is 4.31 Å². The van der Waals surface area contributed by atoms with E-state index in [1.165, 1.54) is 0 Å². The lowest BCUT2D eigenvalue weighted by Gasteiger charge is -2.22. The van der Waals surface area contributed by atoms with Gasteiger partial charge >= 0.3 is 0 Å². The fraction of sp³-hybridized carbons (Fsp3) is 0.222. The number of carboxylic acid groups (broad SMARTS) is 1. The Morgan fingerprint density at radius 1 is 1.35 bits per heavy atom. The highest BCUT2D eigenvalue weighted by molar-refractivity contribution is 7.92. The maximum atomic E-state index is 12.9. The minimum atomic E-state index is -3.92. The van der Waals surface area contributed by atoms with Crippen LogP contribution in [0, 0.1) is 11.6 Å². The molecule has 0 aliphatic rings. The Morgan fingerprint density at radius 2 is 1.94 bits per heavy atom. The van der Waals surface area contributed by atoms with Crippen LogP contribution in [-0.2, 0) is 14.8 Å². The molecular formula is C9H8F2NO4S-. The van der Waals surface area contributed by atoms with Gasteiger partial charge in [0.2, 0.25) is 10.0 Å². The van der Waals surface area contributed by atoms with E-state index >= 15 is 0 Å². The molecule has 0 aliphatic carbocycles. The van der Waals surface area contributed by atoms with Crippen LogP contribution in [0.4, 0.5) is 14.5 Å². The van der Waals surface area contributed by atoms with Gasteiger partial charge in [-0.1, -0.05) is 0 Å². The molecule has 0 saturated carbocycles. The van der Waals surface area contributed by atoms with E-state index in [2.05, 4.69) is 0 Å². The van der Waals surface area contributed by atoms with E-state index in [0.717, 1.165) is 12.3 Å². The molecule has 0 saturated heterocycles. The van der Waals surface area contributed by atoms with Crippen molar-refractivity contribution in [3.8, 4) is 0 Å². The Balaban J connectivity index is 3.22. The average molecular weight is 264 g/mol. The van der Waals surface area contributed by atoms with Crippen LogP contribution in [0.3, 0.4) is 0 Å². The van der Waals surface area contributed by atoms with Crippen molar-refractivity contribution in [3.63, 3.8) is 0 Å². The molecule has 0 radical (unpaired) electrons. The van der Waals surface area contributed by atoms with Crippen molar-refractivity contribution >= 4 is 21.7 Å². The molecule has 0 bridgehead atoms. The number of hydrogen-bond donors (Lipinski definition) is 0. The fourth-order valence-corrected chi connectivity index (χ4v) is 1.99. The van der Waals surface area contributed by atoms with Crippen LogP contribution < -0.4 is 9.41 Å². The van der Waals surface area contributed by atoms with Crippen molar-refractivity contribution in [1.82, 2.24) is 0 Å². The zero-order chi connectivity index (χ0) is 13.2. The van der Waals surface area contributed by atoms with Gasteiger partial charge in [0.15, 0.2) is 11.6 Å². The number of carbonyl (C=O) groups is 1. The number of rotatable bonds is 4. The van der Waals surface area contributed by atoms with Crippen LogP contribution in [0.2, 0.25) is 0 Å². The molecule has 0 unspecified atom stereocenters. The predicted molar refractivity (Wildman–Crippen MR) is 53.6 cm³/mol. The van der Waals surface area contributed by atoms with Crippen molar-refractivity contribution in [1.29, 1.82) is 0 Å². The van der Waals surface area contributed by atoms with Crippen LogP contribution in [0.25, 0.3) is 0 Å². The summed E-state index contributed by atoms with van der Waals surface area (Å²) >= 11 is 0.